The van der Waals surface area contributed by atoms with Crippen molar-refractivity contribution in [2.75, 3.05) is 19.7 Å². The van der Waals surface area contributed by atoms with Gasteiger partial charge in [-0.15, -0.1) is 0 Å². The van der Waals surface area contributed by atoms with Gasteiger partial charge in [-0.05, 0) is 18.3 Å². The van der Waals surface area contributed by atoms with Gasteiger partial charge in [0.15, 0.2) is 6.10 Å². The molecule has 1 fully saturated rings. The third kappa shape index (κ3) is 5.04. The van der Waals surface area contributed by atoms with Crippen molar-refractivity contribution >= 4 is 11.9 Å². The summed E-state index contributed by atoms with van der Waals surface area (Å²) in [5, 5.41) is 8.86. The van der Waals surface area contributed by atoms with Gasteiger partial charge in [-0.1, -0.05) is 20.8 Å². The van der Waals surface area contributed by atoms with Crippen molar-refractivity contribution in [3.05, 3.63) is 0 Å². The summed E-state index contributed by atoms with van der Waals surface area (Å²) in [6, 6.07) is 0. The molecule has 1 aliphatic rings. The van der Waals surface area contributed by atoms with Crippen LogP contribution in [0.25, 0.3) is 0 Å². The first kappa shape index (κ1) is 15.0. The van der Waals surface area contributed by atoms with Crippen molar-refractivity contribution < 1.29 is 19.4 Å². The molecule has 0 aromatic carbocycles. The Morgan fingerprint density at radius 2 is 2.06 bits per heavy atom. The first-order valence-electron chi connectivity index (χ1n) is 6.42. The predicted octanol–water partition coefficient (Wildman–Crippen LogP) is 1.51. The minimum atomic E-state index is -0.998. The number of carbonyl (C=O) groups is 2. The van der Waals surface area contributed by atoms with Gasteiger partial charge in [-0.2, -0.15) is 0 Å². The second-order valence-electron chi connectivity index (χ2n) is 5.95. The maximum absolute atomic E-state index is 11.9. The van der Waals surface area contributed by atoms with Crippen molar-refractivity contribution in [2.45, 2.75) is 46.1 Å². The number of aliphatic carboxylic acids is 1. The molecule has 18 heavy (non-hydrogen) atoms. The highest BCUT2D eigenvalue weighted by molar-refractivity contribution is 5.78. The fourth-order valence-corrected chi connectivity index (χ4v) is 1.95. The number of carboxylic acids is 1. The number of morpholine rings is 1. The normalized spacial score (nSPS) is 20.8. The molecule has 0 bridgehead atoms. The lowest BCUT2D eigenvalue weighted by atomic mass is 9.90. The molecule has 1 heterocycles. The number of hydrogen-bond acceptors (Lipinski definition) is 3. The lowest BCUT2D eigenvalue weighted by Crippen LogP contribution is -2.48. The molecule has 1 amide bonds. The highest BCUT2D eigenvalue weighted by Gasteiger charge is 2.28. The molecule has 5 heteroatoms. The van der Waals surface area contributed by atoms with Crippen LogP contribution in [-0.4, -0.2) is 47.7 Å². The van der Waals surface area contributed by atoms with Crippen LogP contribution < -0.4 is 0 Å². The average Bonchev–Trinajstić information content (AvgIpc) is 2.27. The molecule has 0 radical (unpaired) electrons. The summed E-state index contributed by atoms with van der Waals surface area (Å²) in [6.45, 7) is 7.41. The molecule has 104 valence electrons. The van der Waals surface area contributed by atoms with Crippen LogP contribution in [-0.2, 0) is 14.3 Å². The van der Waals surface area contributed by atoms with Crippen molar-refractivity contribution in [3.63, 3.8) is 0 Å². The minimum absolute atomic E-state index is 0.0359. The van der Waals surface area contributed by atoms with E-state index in [4.69, 9.17) is 9.84 Å². The number of rotatable bonds is 4. The number of ether oxygens (including phenoxy) is 1. The van der Waals surface area contributed by atoms with E-state index in [1.807, 2.05) is 0 Å². The SMILES string of the molecule is CC(C)(C)CCCC(=O)N1CCOC(C(=O)O)C1. The second-order valence-corrected chi connectivity index (χ2v) is 5.95. The zero-order valence-corrected chi connectivity index (χ0v) is 11.4. The van der Waals surface area contributed by atoms with Crippen LogP contribution in [0, 0.1) is 5.41 Å². The maximum atomic E-state index is 11.9. The van der Waals surface area contributed by atoms with E-state index in [2.05, 4.69) is 20.8 Å². The van der Waals surface area contributed by atoms with Gasteiger partial charge in [0.05, 0.1) is 13.2 Å². The number of carboxylic acid groups (broad SMARTS) is 1. The van der Waals surface area contributed by atoms with Crippen LogP contribution in [0.5, 0.6) is 0 Å². The predicted molar refractivity (Wildman–Crippen MR) is 67.3 cm³/mol. The van der Waals surface area contributed by atoms with Crippen LogP contribution in [0.4, 0.5) is 0 Å². The van der Waals surface area contributed by atoms with Gasteiger partial charge in [0.2, 0.25) is 5.91 Å². The zero-order chi connectivity index (χ0) is 13.8. The first-order valence-corrected chi connectivity index (χ1v) is 6.42. The topological polar surface area (TPSA) is 66.8 Å². The van der Waals surface area contributed by atoms with Crippen LogP contribution in [0.1, 0.15) is 40.0 Å². The number of carbonyl (C=O) groups excluding carboxylic acids is 1. The molecule has 0 aliphatic carbocycles. The van der Waals surface area contributed by atoms with E-state index in [0.717, 1.165) is 12.8 Å². The fourth-order valence-electron chi connectivity index (χ4n) is 1.95. The maximum Gasteiger partial charge on any atom is 0.334 e. The van der Waals surface area contributed by atoms with Crippen molar-refractivity contribution in [1.29, 1.82) is 0 Å². The third-order valence-corrected chi connectivity index (χ3v) is 3.01. The van der Waals surface area contributed by atoms with E-state index >= 15 is 0 Å². The molecule has 1 N–H and O–H groups in total. The fraction of sp³-hybridized carbons (Fsp3) is 0.846. The van der Waals surface area contributed by atoms with Gasteiger partial charge < -0.3 is 14.7 Å². The zero-order valence-electron chi connectivity index (χ0n) is 11.4. The van der Waals surface area contributed by atoms with Crippen LogP contribution in [0.15, 0.2) is 0 Å². The summed E-state index contributed by atoms with van der Waals surface area (Å²) in [6.07, 6.45) is 1.46. The van der Waals surface area contributed by atoms with Crippen molar-refractivity contribution in [1.82, 2.24) is 4.90 Å². The smallest absolute Gasteiger partial charge is 0.334 e. The Hall–Kier alpha value is -1.10. The Morgan fingerprint density at radius 3 is 2.61 bits per heavy atom. The van der Waals surface area contributed by atoms with E-state index in [1.54, 1.807) is 4.90 Å². The Morgan fingerprint density at radius 1 is 1.39 bits per heavy atom. The minimum Gasteiger partial charge on any atom is -0.479 e. The molecule has 1 atom stereocenters. The second kappa shape index (κ2) is 6.18. The highest BCUT2D eigenvalue weighted by Crippen LogP contribution is 2.22. The Balaban J connectivity index is 2.35. The summed E-state index contributed by atoms with van der Waals surface area (Å²) in [7, 11) is 0. The van der Waals surface area contributed by atoms with Crippen LogP contribution in [0.3, 0.4) is 0 Å². The molecule has 0 aromatic heterocycles. The summed E-state index contributed by atoms with van der Waals surface area (Å²) >= 11 is 0. The van der Waals surface area contributed by atoms with Crippen LogP contribution >= 0.6 is 0 Å². The molecule has 1 saturated heterocycles. The summed E-state index contributed by atoms with van der Waals surface area (Å²) in [5.74, 6) is -0.962. The van der Waals surface area contributed by atoms with Gasteiger partial charge in [0, 0.05) is 13.0 Å². The van der Waals surface area contributed by atoms with Gasteiger partial charge in [-0.3, -0.25) is 4.79 Å². The molecular formula is C13H23NO4. The lowest BCUT2D eigenvalue weighted by molar-refractivity contribution is -0.159. The average molecular weight is 257 g/mol. The van der Waals surface area contributed by atoms with E-state index in [-0.39, 0.29) is 17.9 Å². The van der Waals surface area contributed by atoms with Gasteiger partial charge >= 0.3 is 5.97 Å². The molecule has 1 unspecified atom stereocenters. The van der Waals surface area contributed by atoms with Crippen molar-refractivity contribution in [3.8, 4) is 0 Å². The molecule has 5 nitrogen and oxygen atoms in total. The summed E-state index contributed by atoms with van der Waals surface area (Å²) < 4.78 is 5.09. The third-order valence-electron chi connectivity index (χ3n) is 3.01. The molecule has 0 spiro atoms. The standard InChI is InChI=1S/C13H23NO4/c1-13(2,3)6-4-5-11(15)14-7-8-18-10(9-14)12(16)17/h10H,4-9H2,1-3H3,(H,16,17). The largest absolute Gasteiger partial charge is 0.479 e. The molecule has 0 aromatic rings. The monoisotopic (exact) mass is 257 g/mol. The number of hydrogen-bond donors (Lipinski definition) is 1. The first-order chi connectivity index (χ1) is 8.29. The van der Waals surface area contributed by atoms with E-state index in [0.29, 0.717) is 19.6 Å². The number of amides is 1. The van der Waals surface area contributed by atoms with Crippen LogP contribution in [0.2, 0.25) is 0 Å². The Bertz CT molecular complexity index is 309. The molecule has 1 rings (SSSR count). The number of nitrogens with zero attached hydrogens (tertiary/aromatic N) is 1. The van der Waals surface area contributed by atoms with Gasteiger partial charge in [-0.25, -0.2) is 4.79 Å². The van der Waals surface area contributed by atoms with Crippen molar-refractivity contribution in [2.24, 2.45) is 5.41 Å². The van der Waals surface area contributed by atoms with Gasteiger partial charge in [0.1, 0.15) is 0 Å². The van der Waals surface area contributed by atoms with E-state index in [1.165, 1.54) is 0 Å². The highest BCUT2D eigenvalue weighted by atomic mass is 16.5. The lowest BCUT2D eigenvalue weighted by Gasteiger charge is -2.31. The van der Waals surface area contributed by atoms with E-state index in [9.17, 15) is 9.59 Å². The molecule has 1 aliphatic heterocycles. The molecular weight excluding hydrogens is 234 g/mol. The summed E-state index contributed by atoms with van der Waals surface area (Å²) in [5.41, 5.74) is 0.231. The Labute approximate surface area is 108 Å². The quantitative estimate of drug-likeness (QED) is 0.829. The molecule has 0 saturated carbocycles. The van der Waals surface area contributed by atoms with Gasteiger partial charge in [0.25, 0.3) is 0 Å². The summed E-state index contributed by atoms with van der Waals surface area (Å²) in [4.78, 5) is 24.3. The Kier molecular flexibility index (Phi) is 5.14. The van der Waals surface area contributed by atoms with E-state index < -0.39 is 12.1 Å².